The van der Waals surface area contributed by atoms with Gasteiger partial charge in [0.2, 0.25) is 5.91 Å². The van der Waals surface area contributed by atoms with Gasteiger partial charge in [-0.15, -0.1) is 0 Å². The number of carbonyl (C=O) groups is 1. The lowest BCUT2D eigenvalue weighted by atomic mass is 10.2. The number of ether oxygens (including phenoxy) is 1. The van der Waals surface area contributed by atoms with Crippen molar-refractivity contribution in [2.75, 3.05) is 48.4 Å². The molecule has 1 heterocycles. The number of nitrogens with one attached hydrogen (secondary N) is 2. The molecule has 0 aromatic heterocycles. The van der Waals surface area contributed by atoms with Crippen LogP contribution in [0.2, 0.25) is 0 Å². The van der Waals surface area contributed by atoms with E-state index in [2.05, 4.69) is 21.6 Å². The Labute approximate surface area is 147 Å². The van der Waals surface area contributed by atoms with E-state index >= 15 is 0 Å². The molecule has 25 heavy (non-hydrogen) atoms. The van der Waals surface area contributed by atoms with Crippen LogP contribution in [0.1, 0.15) is 5.56 Å². The van der Waals surface area contributed by atoms with Crippen molar-refractivity contribution in [3.8, 4) is 6.07 Å². The number of hydrogen-bond donors (Lipinski definition) is 2. The number of anilines is 3. The van der Waals surface area contributed by atoms with Gasteiger partial charge in [-0.3, -0.25) is 4.79 Å². The van der Waals surface area contributed by atoms with Crippen LogP contribution < -0.4 is 15.5 Å². The first-order valence-electron chi connectivity index (χ1n) is 8.22. The number of carbonyl (C=O) groups excluding carboxylic acids is 1. The standard InChI is InChI=1S/C19H20N4O2/c20-13-15-4-3-5-16(12-15)22-19(24)14-21-17-6-1-2-7-18(17)23-8-10-25-11-9-23/h1-7,12,21H,8-11,14H2,(H,22,24). The van der Waals surface area contributed by atoms with Crippen molar-refractivity contribution in [3.05, 3.63) is 54.1 Å². The van der Waals surface area contributed by atoms with Crippen LogP contribution in [0.15, 0.2) is 48.5 Å². The van der Waals surface area contributed by atoms with E-state index in [0.29, 0.717) is 24.5 Å². The molecule has 0 bridgehead atoms. The van der Waals surface area contributed by atoms with Crippen LogP contribution >= 0.6 is 0 Å². The van der Waals surface area contributed by atoms with E-state index in [0.717, 1.165) is 24.5 Å². The fraction of sp³-hybridized carbons (Fsp3) is 0.263. The molecule has 0 saturated carbocycles. The highest BCUT2D eigenvalue weighted by Crippen LogP contribution is 2.26. The normalized spacial score (nSPS) is 13.8. The summed E-state index contributed by atoms with van der Waals surface area (Å²) in [7, 11) is 0. The molecule has 6 nitrogen and oxygen atoms in total. The van der Waals surface area contributed by atoms with E-state index in [1.807, 2.05) is 24.3 Å². The highest BCUT2D eigenvalue weighted by atomic mass is 16.5. The molecule has 3 rings (SSSR count). The number of para-hydroxylation sites is 2. The Kier molecular flexibility index (Phi) is 5.50. The fourth-order valence-electron chi connectivity index (χ4n) is 2.75. The number of amides is 1. The van der Waals surface area contributed by atoms with Crippen LogP contribution in [0.4, 0.5) is 17.1 Å². The van der Waals surface area contributed by atoms with Gasteiger partial charge in [-0.25, -0.2) is 0 Å². The maximum atomic E-state index is 12.2. The van der Waals surface area contributed by atoms with Crippen LogP contribution in [0.3, 0.4) is 0 Å². The second-order valence-corrected chi connectivity index (χ2v) is 5.71. The Morgan fingerprint density at radius 2 is 1.96 bits per heavy atom. The molecule has 1 aliphatic heterocycles. The molecule has 1 saturated heterocycles. The predicted molar refractivity (Wildman–Crippen MR) is 97.8 cm³/mol. The number of nitrogens with zero attached hydrogens (tertiary/aromatic N) is 2. The van der Waals surface area contributed by atoms with Gasteiger partial charge in [-0.2, -0.15) is 5.26 Å². The zero-order chi connectivity index (χ0) is 17.5. The summed E-state index contributed by atoms with van der Waals surface area (Å²) in [6, 6.07) is 16.9. The summed E-state index contributed by atoms with van der Waals surface area (Å²) < 4.78 is 5.40. The summed E-state index contributed by atoms with van der Waals surface area (Å²) in [5.74, 6) is -0.160. The monoisotopic (exact) mass is 336 g/mol. The van der Waals surface area contributed by atoms with Crippen molar-refractivity contribution in [2.24, 2.45) is 0 Å². The van der Waals surface area contributed by atoms with Gasteiger partial charge in [0.15, 0.2) is 0 Å². The van der Waals surface area contributed by atoms with Gasteiger partial charge in [0.1, 0.15) is 0 Å². The van der Waals surface area contributed by atoms with Gasteiger partial charge in [0, 0.05) is 18.8 Å². The molecule has 0 atom stereocenters. The highest BCUT2D eigenvalue weighted by Gasteiger charge is 2.14. The first-order chi connectivity index (χ1) is 12.3. The Hall–Kier alpha value is -3.04. The van der Waals surface area contributed by atoms with E-state index < -0.39 is 0 Å². The molecule has 0 aliphatic carbocycles. The molecular weight excluding hydrogens is 316 g/mol. The molecule has 2 aromatic carbocycles. The van der Waals surface area contributed by atoms with Crippen molar-refractivity contribution in [2.45, 2.75) is 0 Å². The van der Waals surface area contributed by atoms with Crippen molar-refractivity contribution in [1.82, 2.24) is 0 Å². The smallest absolute Gasteiger partial charge is 0.243 e. The fourth-order valence-corrected chi connectivity index (χ4v) is 2.75. The lowest BCUT2D eigenvalue weighted by molar-refractivity contribution is -0.114. The van der Waals surface area contributed by atoms with E-state index in [-0.39, 0.29) is 12.5 Å². The van der Waals surface area contributed by atoms with Crippen LogP contribution in [0, 0.1) is 11.3 Å². The molecular formula is C19H20N4O2. The zero-order valence-electron chi connectivity index (χ0n) is 13.9. The largest absolute Gasteiger partial charge is 0.378 e. The van der Waals surface area contributed by atoms with Crippen LogP contribution in [-0.4, -0.2) is 38.8 Å². The molecule has 0 spiro atoms. The molecule has 1 amide bonds. The maximum absolute atomic E-state index is 12.2. The second-order valence-electron chi connectivity index (χ2n) is 5.71. The lowest BCUT2D eigenvalue weighted by Crippen LogP contribution is -2.36. The topological polar surface area (TPSA) is 77.4 Å². The summed E-state index contributed by atoms with van der Waals surface area (Å²) in [5, 5.41) is 14.9. The van der Waals surface area contributed by atoms with Crippen molar-refractivity contribution >= 4 is 23.0 Å². The van der Waals surface area contributed by atoms with E-state index in [4.69, 9.17) is 10.00 Å². The highest BCUT2D eigenvalue weighted by molar-refractivity contribution is 5.94. The minimum atomic E-state index is -0.160. The zero-order valence-corrected chi connectivity index (χ0v) is 13.9. The van der Waals surface area contributed by atoms with Gasteiger partial charge in [-0.1, -0.05) is 18.2 Å². The summed E-state index contributed by atoms with van der Waals surface area (Å²) >= 11 is 0. The molecule has 0 unspecified atom stereocenters. The Morgan fingerprint density at radius 3 is 2.76 bits per heavy atom. The van der Waals surface area contributed by atoms with Gasteiger partial charge < -0.3 is 20.3 Å². The Bertz CT molecular complexity index is 779. The number of hydrogen-bond acceptors (Lipinski definition) is 5. The van der Waals surface area contributed by atoms with Gasteiger partial charge in [0.05, 0.1) is 42.8 Å². The second kappa shape index (κ2) is 8.18. The third-order valence-electron chi connectivity index (χ3n) is 3.97. The van der Waals surface area contributed by atoms with Crippen LogP contribution in [0.5, 0.6) is 0 Å². The van der Waals surface area contributed by atoms with E-state index in [1.54, 1.807) is 24.3 Å². The first kappa shape index (κ1) is 16.8. The molecule has 1 fully saturated rings. The van der Waals surface area contributed by atoms with Crippen molar-refractivity contribution in [1.29, 1.82) is 5.26 Å². The van der Waals surface area contributed by atoms with E-state index in [1.165, 1.54) is 0 Å². The van der Waals surface area contributed by atoms with Crippen LogP contribution in [-0.2, 0) is 9.53 Å². The molecule has 0 radical (unpaired) electrons. The summed E-state index contributed by atoms with van der Waals surface area (Å²) in [4.78, 5) is 14.4. The van der Waals surface area contributed by atoms with Gasteiger partial charge in [-0.05, 0) is 30.3 Å². The molecule has 2 aromatic rings. The maximum Gasteiger partial charge on any atom is 0.243 e. The number of nitriles is 1. The molecule has 128 valence electrons. The molecule has 6 heteroatoms. The van der Waals surface area contributed by atoms with E-state index in [9.17, 15) is 4.79 Å². The van der Waals surface area contributed by atoms with Crippen molar-refractivity contribution < 1.29 is 9.53 Å². The predicted octanol–water partition coefficient (Wildman–Crippen LogP) is 2.45. The minimum absolute atomic E-state index is 0.151. The third-order valence-corrected chi connectivity index (χ3v) is 3.97. The summed E-state index contributed by atoms with van der Waals surface area (Å²) in [6.07, 6.45) is 0. The molecule has 1 aliphatic rings. The number of rotatable bonds is 5. The average molecular weight is 336 g/mol. The average Bonchev–Trinajstić information content (AvgIpc) is 2.67. The SMILES string of the molecule is N#Cc1cccc(NC(=O)CNc2ccccc2N2CCOCC2)c1. The quantitative estimate of drug-likeness (QED) is 0.877. The Morgan fingerprint density at radius 1 is 1.16 bits per heavy atom. The lowest BCUT2D eigenvalue weighted by Gasteiger charge is -2.30. The Balaban J connectivity index is 1.61. The van der Waals surface area contributed by atoms with Crippen molar-refractivity contribution in [3.63, 3.8) is 0 Å². The first-order valence-corrected chi connectivity index (χ1v) is 8.22. The van der Waals surface area contributed by atoms with Gasteiger partial charge in [0.25, 0.3) is 0 Å². The van der Waals surface area contributed by atoms with Gasteiger partial charge >= 0.3 is 0 Å². The summed E-state index contributed by atoms with van der Waals surface area (Å²) in [5.41, 5.74) is 3.13. The summed E-state index contributed by atoms with van der Waals surface area (Å²) in [6.45, 7) is 3.25. The van der Waals surface area contributed by atoms with Crippen LogP contribution in [0.25, 0.3) is 0 Å². The number of benzene rings is 2. The number of morpholine rings is 1. The third kappa shape index (κ3) is 4.49. The minimum Gasteiger partial charge on any atom is -0.378 e. The molecule has 2 N–H and O–H groups in total.